The molecule has 0 radical (unpaired) electrons. The number of nitrogens with two attached hydrogens (primary N) is 1. The largest absolute Gasteiger partial charge is 0.381 e. The van der Waals surface area contributed by atoms with Gasteiger partial charge in [0.2, 0.25) is 5.91 Å². The lowest BCUT2D eigenvalue weighted by Gasteiger charge is -2.40. The molecule has 26 heavy (non-hydrogen) atoms. The summed E-state index contributed by atoms with van der Waals surface area (Å²) in [6, 6.07) is 3.54. The minimum absolute atomic E-state index is 0.0772. The number of halogens is 1. The van der Waals surface area contributed by atoms with Crippen LogP contribution in [0.15, 0.2) is 18.3 Å². The van der Waals surface area contributed by atoms with Gasteiger partial charge in [-0.15, -0.1) is 0 Å². The fraction of sp³-hybridized carbons (Fsp3) is 0.684. The summed E-state index contributed by atoms with van der Waals surface area (Å²) in [4.78, 5) is 21.6. The lowest BCUT2D eigenvalue weighted by Crippen LogP contribution is -2.54. The van der Waals surface area contributed by atoms with Crippen LogP contribution in [-0.2, 0) is 16.2 Å². The molecule has 1 aliphatic carbocycles. The smallest absolute Gasteiger partial charge is 0.231 e. The van der Waals surface area contributed by atoms with E-state index < -0.39 is 12.1 Å². The second-order valence-corrected chi connectivity index (χ2v) is 7.36. The number of pyridine rings is 1. The van der Waals surface area contributed by atoms with E-state index in [2.05, 4.69) is 9.88 Å². The Morgan fingerprint density at radius 1 is 1.42 bits per heavy atom. The van der Waals surface area contributed by atoms with E-state index in [9.17, 15) is 9.18 Å². The normalized spacial score (nSPS) is 26.3. The lowest BCUT2D eigenvalue weighted by molar-refractivity contribution is -0.146. The summed E-state index contributed by atoms with van der Waals surface area (Å²) in [6.45, 7) is 5.20. The van der Waals surface area contributed by atoms with Crippen LogP contribution in [0.1, 0.15) is 31.7 Å². The number of carbonyl (C=O) groups excluding carboxylic acids is 1. The highest BCUT2D eigenvalue weighted by Gasteiger charge is 2.46. The summed E-state index contributed by atoms with van der Waals surface area (Å²) in [5, 5.41) is 0. The van der Waals surface area contributed by atoms with E-state index in [-0.39, 0.29) is 11.9 Å². The maximum absolute atomic E-state index is 13.2. The highest BCUT2D eigenvalue weighted by molar-refractivity contribution is 5.83. The quantitative estimate of drug-likeness (QED) is 0.832. The van der Waals surface area contributed by atoms with Gasteiger partial charge in [-0.25, -0.2) is 9.37 Å². The Balaban J connectivity index is 1.63. The summed E-state index contributed by atoms with van der Waals surface area (Å²) in [6.07, 6.45) is 4.01. The van der Waals surface area contributed by atoms with Crippen LogP contribution in [-0.4, -0.2) is 61.2 Å². The molecule has 2 heterocycles. The Morgan fingerprint density at radius 3 is 2.81 bits per heavy atom. The minimum Gasteiger partial charge on any atom is -0.381 e. The molecule has 1 aromatic rings. The average molecular weight is 364 g/mol. The number of rotatable bonds is 6. The summed E-state index contributed by atoms with van der Waals surface area (Å²) >= 11 is 0. The molecule has 7 heteroatoms. The molecular weight excluding hydrogens is 335 g/mol. The molecule has 0 bridgehead atoms. The van der Waals surface area contributed by atoms with E-state index in [1.165, 1.54) is 0 Å². The van der Waals surface area contributed by atoms with E-state index in [1.807, 2.05) is 11.8 Å². The van der Waals surface area contributed by atoms with Gasteiger partial charge in [0.05, 0.1) is 12.0 Å². The minimum atomic E-state index is -0.492. The Bertz CT molecular complexity index is 621. The van der Waals surface area contributed by atoms with Crippen molar-refractivity contribution in [3.05, 3.63) is 23.9 Å². The molecule has 2 atom stereocenters. The number of ether oxygens (including phenoxy) is 1. The molecule has 2 N–H and O–H groups in total. The Morgan fingerprint density at radius 2 is 2.19 bits per heavy atom. The molecular formula is C19H29FN4O2. The number of hydrogen-bond acceptors (Lipinski definition) is 5. The highest BCUT2D eigenvalue weighted by Crippen LogP contribution is 2.40. The molecule has 1 aromatic heterocycles. The summed E-state index contributed by atoms with van der Waals surface area (Å²) in [5.41, 5.74) is 6.26. The molecule has 1 saturated heterocycles. The van der Waals surface area contributed by atoms with Crippen molar-refractivity contribution < 1.29 is 13.9 Å². The van der Waals surface area contributed by atoms with Gasteiger partial charge < -0.3 is 20.3 Å². The summed E-state index contributed by atoms with van der Waals surface area (Å²) in [7, 11) is 0. The first-order valence-corrected chi connectivity index (χ1v) is 9.46. The van der Waals surface area contributed by atoms with Crippen LogP contribution in [0.4, 0.5) is 10.2 Å². The lowest BCUT2D eigenvalue weighted by atomic mass is 9.84. The van der Waals surface area contributed by atoms with E-state index in [1.54, 1.807) is 18.3 Å². The summed E-state index contributed by atoms with van der Waals surface area (Å²) < 4.78 is 18.5. The third-order valence-electron chi connectivity index (χ3n) is 5.54. The first-order chi connectivity index (χ1) is 12.6. The van der Waals surface area contributed by atoms with Crippen LogP contribution in [0.25, 0.3) is 0 Å². The molecule has 2 aliphatic rings. The zero-order valence-electron chi connectivity index (χ0n) is 15.5. The third-order valence-corrected chi connectivity index (χ3v) is 5.54. The predicted octanol–water partition coefficient (Wildman–Crippen LogP) is 1.73. The van der Waals surface area contributed by atoms with Crippen molar-refractivity contribution in [2.45, 2.75) is 38.9 Å². The fourth-order valence-corrected chi connectivity index (χ4v) is 4.04. The van der Waals surface area contributed by atoms with Crippen molar-refractivity contribution in [1.82, 2.24) is 9.88 Å². The van der Waals surface area contributed by atoms with Gasteiger partial charge in [-0.3, -0.25) is 4.79 Å². The van der Waals surface area contributed by atoms with Crippen LogP contribution in [0.5, 0.6) is 0 Å². The maximum atomic E-state index is 13.2. The monoisotopic (exact) mass is 364 g/mol. The molecule has 144 valence electrons. The van der Waals surface area contributed by atoms with Gasteiger partial charge in [0.25, 0.3) is 0 Å². The molecule has 1 amide bonds. The van der Waals surface area contributed by atoms with Gasteiger partial charge in [-0.05, 0) is 43.9 Å². The van der Waals surface area contributed by atoms with Crippen molar-refractivity contribution in [2.75, 3.05) is 44.3 Å². The van der Waals surface area contributed by atoms with Crippen LogP contribution in [0.2, 0.25) is 0 Å². The first kappa shape index (κ1) is 19.0. The standard InChI is InChI=1S/C19H29FN4O2/c1-2-26-14-19(5-3-16(21)12-19)18(25)24-9-7-23(8-10-24)17-11-15(13-20)4-6-22-17/h4,6,11,16H,2-3,5,7-10,12-14,21H2,1H3/t16-,19+/m1/s1. The first-order valence-electron chi connectivity index (χ1n) is 9.46. The zero-order chi connectivity index (χ0) is 18.6. The van der Waals surface area contributed by atoms with E-state index in [4.69, 9.17) is 10.5 Å². The third kappa shape index (κ3) is 3.99. The van der Waals surface area contributed by atoms with Crippen molar-refractivity contribution in [3.63, 3.8) is 0 Å². The van der Waals surface area contributed by atoms with Gasteiger partial charge in [-0.1, -0.05) is 0 Å². The topological polar surface area (TPSA) is 71.7 Å². The van der Waals surface area contributed by atoms with E-state index in [0.717, 1.165) is 18.7 Å². The SMILES string of the molecule is CCOC[C@]1(C(=O)N2CCN(c3cc(CF)ccn3)CC2)CC[C@@H](N)C1. The number of alkyl halides is 1. The van der Waals surface area contributed by atoms with Gasteiger partial charge in [0, 0.05) is 45.0 Å². The van der Waals surface area contributed by atoms with Crippen molar-refractivity contribution in [1.29, 1.82) is 0 Å². The number of hydrogen-bond donors (Lipinski definition) is 1. The Labute approximate surface area is 154 Å². The fourth-order valence-electron chi connectivity index (χ4n) is 4.04. The molecule has 6 nitrogen and oxygen atoms in total. The molecule has 3 rings (SSSR count). The van der Waals surface area contributed by atoms with Gasteiger partial charge in [0.1, 0.15) is 12.5 Å². The summed E-state index contributed by atoms with van der Waals surface area (Å²) in [5.74, 6) is 0.947. The molecule has 2 fully saturated rings. The highest BCUT2D eigenvalue weighted by atomic mass is 19.1. The van der Waals surface area contributed by atoms with Crippen LogP contribution < -0.4 is 10.6 Å². The van der Waals surface area contributed by atoms with Crippen molar-refractivity contribution in [3.8, 4) is 0 Å². The number of carbonyl (C=O) groups is 1. The van der Waals surface area contributed by atoms with Crippen LogP contribution in [0.3, 0.4) is 0 Å². The van der Waals surface area contributed by atoms with Crippen LogP contribution >= 0.6 is 0 Å². The van der Waals surface area contributed by atoms with Gasteiger partial charge >= 0.3 is 0 Å². The van der Waals surface area contributed by atoms with E-state index >= 15 is 0 Å². The number of anilines is 1. The van der Waals surface area contributed by atoms with E-state index in [0.29, 0.717) is 51.4 Å². The van der Waals surface area contributed by atoms with Crippen molar-refractivity contribution in [2.24, 2.45) is 11.1 Å². The second-order valence-electron chi connectivity index (χ2n) is 7.36. The van der Waals surface area contributed by atoms with Crippen LogP contribution in [0, 0.1) is 5.41 Å². The second kappa shape index (κ2) is 8.31. The van der Waals surface area contributed by atoms with Crippen molar-refractivity contribution >= 4 is 11.7 Å². The van der Waals surface area contributed by atoms with Gasteiger partial charge in [0.15, 0.2) is 0 Å². The Hall–Kier alpha value is -1.73. The molecule has 0 unspecified atom stereocenters. The zero-order valence-corrected chi connectivity index (χ0v) is 15.5. The Kier molecular flexibility index (Phi) is 6.09. The van der Waals surface area contributed by atoms with Gasteiger partial charge in [-0.2, -0.15) is 0 Å². The average Bonchev–Trinajstić information content (AvgIpc) is 3.08. The maximum Gasteiger partial charge on any atom is 0.231 e. The molecule has 1 aliphatic heterocycles. The molecule has 1 saturated carbocycles. The number of amides is 1. The molecule has 0 aromatic carbocycles. The predicted molar refractivity (Wildman–Crippen MR) is 98.6 cm³/mol. The molecule has 0 spiro atoms. The number of piperazine rings is 1. The number of aromatic nitrogens is 1. The number of nitrogens with zero attached hydrogens (tertiary/aromatic N) is 3.